The van der Waals surface area contributed by atoms with Gasteiger partial charge in [0.15, 0.2) is 5.78 Å². The van der Waals surface area contributed by atoms with Crippen molar-refractivity contribution in [2.75, 3.05) is 11.6 Å². The van der Waals surface area contributed by atoms with Crippen LogP contribution in [0.25, 0.3) is 0 Å². The first-order chi connectivity index (χ1) is 12.1. The molecule has 1 N–H and O–H groups in total. The number of rotatable bonds is 3. The van der Waals surface area contributed by atoms with Crippen molar-refractivity contribution in [1.82, 2.24) is 14.8 Å². The van der Waals surface area contributed by atoms with Crippen LogP contribution in [0.2, 0.25) is 0 Å². The fraction of sp³-hybridized carbons (Fsp3) is 0.312. The van der Waals surface area contributed by atoms with E-state index in [0.29, 0.717) is 28.7 Å². The quantitative estimate of drug-likeness (QED) is 0.512. The lowest BCUT2D eigenvalue weighted by molar-refractivity contribution is -0.385. The largest absolute Gasteiger partial charge is 0.328 e. The van der Waals surface area contributed by atoms with Crippen LogP contribution in [0.15, 0.2) is 40.7 Å². The molecule has 0 saturated heterocycles. The summed E-state index contributed by atoms with van der Waals surface area (Å²) in [5, 5.41) is 19.7. The summed E-state index contributed by atoms with van der Waals surface area (Å²) in [5.41, 5.74) is 1.79. The van der Waals surface area contributed by atoms with Gasteiger partial charge in [0.1, 0.15) is 6.04 Å². The van der Waals surface area contributed by atoms with Crippen LogP contribution in [-0.4, -0.2) is 31.7 Å². The van der Waals surface area contributed by atoms with E-state index in [1.54, 1.807) is 22.9 Å². The Morgan fingerprint density at radius 3 is 2.92 bits per heavy atom. The molecule has 128 valence electrons. The molecule has 1 atom stereocenters. The average Bonchev–Trinajstić information content (AvgIpc) is 3.03. The van der Waals surface area contributed by atoms with Gasteiger partial charge in [-0.2, -0.15) is 4.98 Å². The number of nitro groups is 1. The first-order valence-corrected chi connectivity index (χ1v) is 9.09. The molecule has 1 aliphatic carbocycles. The van der Waals surface area contributed by atoms with Gasteiger partial charge in [0.2, 0.25) is 11.1 Å². The average molecular weight is 357 g/mol. The van der Waals surface area contributed by atoms with Gasteiger partial charge in [-0.15, -0.1) is 5.10 Å². The summed E-state index contributed by atoms with van der Waals surface area (Å²) in [6.45, 7) is 0. The van der Waals surface area contributed by atoms with Gasteiger partial charge < -0.3 is 5.32 Å². The predicted molar refractivity (Wildman–Crippen MR) is 92.5 cm³/mol. The third-order valence-corrected chi connectivity index (χ3v) is 5.00. The number of nitro benzene ring substituents is 1. The van der Waals surface area contributed by atoms with E-state index >= 15 is 0 Å². The van der Waals surface area contributed by atoms with Gasteiger partial charge in [0, 0.05) is 23.8 Å². The highest BCUT2D eigenvalue weighted by molar-refractivity contribution is 7.98. The Kier molecular flexibility index (Phi) is 3.79. The van der Waals surface area contributed by atoms with Gasteiger partial charge in [-0.3, -0.25) is 14.9 Å². The van der Waals surface area contributed by atoms with Crippen molar-refractivity contribution in [2.45, 2.75) is 30.5 Å². The van der Waals surface area contributed by atoms with Crippen LogP contribution in [0.4, 0.5) is 11.6 Å². The molecule has 8 nitrogen and oxygen atoms in total. The van der Waals surface area contributed by atoms with Crippen LogP contribution in [0, 0.1) is 10.1 Å². The van der Waals surface area contributed by atoms with Crippen LogP contribution in [0.1, 0.15) is 30.9 Å². The Hall–Kier alpha value is -2.68. The van der Waals surface area contributed by atoms with Crippen molar-refractivity contribution < 1.29 is 9.72 Å². The summed E-state index contributed by atoms with van der Waals surface area (Å²) in [5.74, 6) is 0.518. The van der Waals surface area contributed by atoms with E-state index in [0.717, 1.165) is 18.5 Å². The van der Waals surface area contributed by atoms with Gasteiger partial charge in [-0.1, -0.05) is 23.9 Å². The molecular weight excluding hydrogens is 342 g/mol. The number of hydrogen-bond acceptors (Lipinski definition) is 7. The van der Waals surface area contributed by atoms with E-state index in [1.165, 1.54) is 17.8 Å². The number of hydrogen-bond donors (Lipinski definition) is 1. The van der Waals surface area contributed by atoms with Crippen LogP contribution in [-0.2, 0) is 4.79 Å². The van der Waals surface area contributed by atoms with E-state index in [-0.39, 0.29) is 11.5 Å². The molecule has 2 aliphatic rings. The molecule has 25 heavy (non-hydrogen) atoms. The van der Waals surface area contributed by atoms with Gasteiger partial charge >= 0.3 is 0 Å². The first-order valence-electron chi connectivity index (χ1n) is 7.87. The molecular formula is C16H15N5O3S. The predicted octanol–water partition coefficient (Wildman–Crippen LogP) is 2.93. The van der Waals surface area contributed by atoms with Crippen LogP contribution in [0.3, 0.4) is 0 Å². The molecule has 0 spiro atoms. The SMILES string of the molecule is CSc1nc2n(n1)[C@H](c1ccccc1[N+](=O)[O-])C1=C(CCCC1=O)N2. The Morgan fingerprint density at radius 2 is 2.16 bits per heavy atom. The van der Waals surface area contributed by atoms with Crippen molar-refractivity contribution in [2.24, 2.45) is 0 Å². The Balaban J connectivity index is 1.97. The second-order valence-electron chi connectivity index (χ2n) is 5.88. The third-order valence-electron chi connectivity index (χ3n) is 4.46. The molecule has 2 heterocycles. The molecule has 1 aromatic heterocycles. The normalized spacial score (nSPS) is 19.2. The van der Waals surface area contributed by atoms with Gasteiger partial charge in [-0.25, -0.2) is 4.68 Å². The topological polar surface area (TPSA) is 103 Å². The second-order valence-corrected chi connectivity index (χ2v) is 6.65. The summed E-state index contributed by atoms with van der Waals surface area (Å²) >= 11 is 1.38. The van der Waals surface area contributed by atoms with Crippen LogP contribution < -0.4 is 5.32 Å². The number of carbonyl (C=O) groups is 1. The summed E-state index contributed by atoms with van der Waals surface area (Å²) in [6.07, 6.45) is 3.79. The number of aromatic nitrogens is 3. The summed E-state index contributed by atoms with van der Waals surface area (Å²) in [6, 6.07) is 5.87. The lowest BCUT2D eigenvalue weighted by Crippen LogP contribution is -2.31. The van der Waals surface area contributed by atoms with Gasteiger partial charge in [0.05, 0.1) is 10.5 Å². The Bertz CT molecular complexity index is 920. The molecule has 0 bridgehead atoms. The standard InChI is InChI=1S/C16H15N5O3S/c1-25-16-18-15-17-10-6-4-8-12(22)13(10)14(20(15)19-16)9-5-2-3-7-11(9)21(23)24/h2-3,5,7,14H,4,6,8H2,1H3,(H,17,18,19)/t14-/m1/s1. The number of benzene rings is 1. The number of para-hydroxylation sites is 1. The number of nitrogens with zero attached hydrogens (tertiary/aromatic N) is 4. The number of carbonyl (C=O) groups excluding carboxylic acids is 1. The minimum absolute atomic E-state index is 0.00347. The monoisotopic (exact) mass is 357 g/mol. The first kappa shape index (κ1) is 15.8. The molecule has 4 rings (SSSR count). The summed E-state index contributed by atoms with van der Waals surface area (Å²) in [4.78, 5) is 28.2. The summed E-state index contributed by atoms with van der Waals surface area (Å²) < 4.78 is 1.59. The number of anilines is 1. The molecule has 1 aromatic carbocycles. The van der Waals surface area contributed by atoms with Crippen molar-refractivity contribution in [1.29, 1.82) is 0 Å². The highest BCUT2D eigenvalue weighted by Gasteiger charge is 2.39. The second kappa shape index (κ2) is 5.99. The zero-order chi connectivity index (χ0) is 17.6. The smallest absolute Gasteiger partial charge is 0.275 e. The lowest BCUT2D eigenvalue weighted by Gasteiger charge is -2.31. The Labute approximate surface area is 147 Å². The Morgan fingerprint density at radius 1 is 1.36 bits per heavy atom. The van der Waals surface area contributed by atoms with E-state index in [1.807, 2.05) is 6.26 Å². The maximum absolute atomic E-state index is 12.6. The number of allylic oxidation sites excluding steroid dienone is 2. The highest BCUT2D eigenvalue weighted by Crippen LogP contribution is 2.42. The van der Waals surface area contributed by atoms with E-state index in [4.69, 9.17) is 0 Å². The van der Waals surface area contributed by atoms with Gasteiger partial charge in [0.25, 0.3) is 5.69 Å². The molecule has 2 aromatic rings. The number of Topliss-reactive ketones (excluding diaryl/α,β-unsaturated/α-hetero) is 1. The maximum atomic E-state index is 12.6. The molecule has 0 amide bonds. The molecule has 0 radical (unpaired) electrons. The summed E-state index contributed by atoms with van der Waals surface area (Å²) in [7, 11) is 0. The van der Waals surface area contributed by atoms with Gasteiger partial charge in [-0.05, 0) is 25.2 Å². The van der Waals surface area contributed by atoms with Crippen molar-refractivity contribution >= 4 is 29.2 Å². The number of thioether (sulfide) groups is 1. The molecule has 0 unspecified atom stereocenters. The highest BCUT2D eigenvalue weighted by atomic mass is 32.2. The lowest BCUT2D eigenvalue weighted by atomic mass is 9.85. The van der Waals surface area contributed by atoms with Crippen LogP contribution >= 0.6 is 11.8 Å². The molecule has 9 heteroatoms. The zero-order valence-corrected chi connectivity index (χ0v) is 14.2. The minimum Gasteiger partial charge on any atom is -0.328 e. The fourth-order valence-corrected chi connectivity index (χ4v) is 3.74. The third kappa shape index (κ3) is 2.51. The fourth-order valence-electron chi connectivity index (χ4n) is 3.40. The number of ketones is 1. The molecule has 1 aliphatic heterocycles. The van der Waals surface area contributed by atoms with E-state index < -0.39 is 11.0 Å². The molecule has 0 saturated carbocycles. The maximum Gasteiger partial charge on any atom is 0.275 e. The van der Waals surface area contributed by atoms with Crippen molar-refractivity contribution in [3.05, 3.63) is 51.2 Å². The van der Waals surface area contributed by atoms with Crippen LogP contribution in [0.5, 0.6) is 0 Å². The molecule has 0 fully saturated rings. The number of fused-ring (bicyclic) bond motifs is 1. The van der Waals surface area contributed by atoms with E-state index in [9.17, 15) is 14.9 Å². The van der Waals surface area contributed by atoms with E-state index in [2.05, 4.69) is 15.4 Å². The van der Waals surface area contributed by atoms with Crippen molar-refractivity contribution in [3.8, 4) is 0 Å². The van der Waals surface area contributed by atoms with Crippen molar-refractivity contribution in [3.63, 3.8) is 0 Å². The number of nitrogens with one attached hydrogen (secondary N) is 1. The zero-order valence-electron chi connectivity index (χ0n) is 13.4. The minimum atomic E-state index is -0.631.